The minimum absolute atomic E-state index is 0.241. The van der Waals surface area contributed by atoms with Gasteiger partial charge in [0.05, 0.1) is 11.4 Å². The summed E-state index contributed by atoms with van der Waals surface area (Å²) >= 11 is 0. The Labute approximate surface area is 193 Å². The second kappa shape index (κ2) is 8.06. The fourth-order valence-electron chi connectivity index (χ4n) is 4.69. The Hall–Kier alpha value is -4.18. The van der Waals surface area contributed by atoms with Gasteiger partial charge in [0.2, 0.25) is 0 Å². The smallest absolute Gasteiger partial charge is 0.262 e. The number of benzene rings is 4. The Balaban J connectivity index is 1.72. The van der Waals surface area contributed by atoms with Gasteiger partial charge in [-0.1, -0.05) is 72.8 Å². The Morgan fingerprint density at radius 2 is 1.00 bits per heavy atom. The average Bonchev–Trinajstić information content (AvgIpc) is 3.06. The predicted octanol–water partition coefficient (Wildman–Crippen LogP) is 6.43. The summed E-state index contributed by atoms with van der Waals surface area (Å²) in [6, 6.07) is 27.6. The maximum Gasteiger partial charge on any atom is 0.262 e. The minimum Gasteiger partial charge on any atom is -0.271 e. The van der Waals surface area contributed by atoms with Crippen molar-refractivity contribution in [3.05, 3.63) is 110 Å². The fourth-order valence-corrected chi connectivity index (χ4v) is 4.69. The predicted molar refractivity (Wildman–Crippen MR) is 135 cm³/mol. The molecular weight excluding hydrogens is 408 g/mol. The molecule has 1 fully saturated rings. The van der Waals surface area contributed by atoms with Crippen LogP contribution in [0, 0.1) is 5.41 Å². The van der Waals surface area contributed by atoms with Crippen molar-refractivity contribution in [2.24, 2.45) is 5.41 Å². The third-order valence-electron chi connectivity index (χ3n) is 6.34. The summed E-state index contributed by atoms with van der Waals surface area (Å²) in [5, 5.41) is 7.18. The van der Waals surface area contributed by atoms with Crippen molar-refractivity contribution in [3.63, 3.8) is 0 Å². The van der Waals surface area contributed by atoms with Crippen LogP contribution in [0.1, 0.15) is 12.8 Å². The van der Waals surface area contributed by atoms with Gasteiger partial charge >= 0.3 is 0 Å². The van der Waals surface area contributed by atoms with Crippen LogP contribution in [0.25, 0.3) is 21.5 Å². The SMILES string of the molecule is C=CCC1(CC=C)C(=O)N(c2ccc3ccccc3c2)N(c2ccc3ccccc3c2)C1=O. The zero-order valence-corrected chi connectivity index (χ0v) is 18.3. The molecule has 5 rings (SSSR count). The topological polar surface area (TPSA) is 40.6 Å². The molecule has 0 radical (unpaired) electrons. The molecule has 0 atom stereocenters. The largest absolute Gasteiger partial charge is 0.271 e. The van der Waals surface area contributed by atoms with Crippen LogP contribution in [0.15, 0.2) is 110 Å². The lowest BCUT2D eigenvalue weighted by Crippen LogP contribution is -2.41. The summed E-state index contributed by atoms with van der Waals surface area (Å²) in [5.41, 5.74) is 0.0336. The molecule has 4 aromatic rings. The number of hydrogen-bond donors (Lipinski definition) is 0. The summed E-state index contributed by atoms with van der Waals surface area (Å²) in [6.07, 6.45) is 3.76. The van der Waals surface area contributed by atoms with Crippen LogP contribution in [-0.2, 0) is 9.59 Å². The second-order valence-corrected chi connectivity index (χ2v) is 8.36. The normalized spacial score (nSPS) is 15.4. The molecule has 4 heteroatoms. The van der Waals surface area contributed by atoms with Gasteiger partial charge in [0, 0.05) is 0 Å². The van der Waals surface area contributed by atoms with Crippen molar-refractivity contribution in [2.45, 2.75) is 12.8 Å². The van der Waals surface area contributed by atoms with E-state index < -0.39 is 5.41 Å². The summed E-state index contributed by atoms with van der Waals surface area (Å²) in [7, 11) is 0. The lowest BCUT2D eigenvalue weighted by atomic mass is 9.80. The van der Waals surface area contributed by atoms with E-state index >= 15 is 0 Å². The first-order valence-electron chi connectivity index (χ1n) is 11.0. The van der Waals surface area contributed by atoms with Crippen LogP contribution in [0.5, 0.6) is 0 Å². The Kier molecular flexibility index (Phi) is 5.06. The molecular formula is C29H24N2O2. The molecule has 33 heavy (non-hydrogen) atoms. The highest BCUT2D eigenvalue weighted by atomic mass is 16.2. The molecule has 0 N–H and O–H groups in total. The van der Waals surface area contributed by atoms with Crippen molar-refractivity contribution in [1.29, 1.82) is 0 Å². The Bertz CT molecular complexity index is 1310. The van der Waals surface area contributed by atoms with Gasteiger partial charge in [0.25, 0.3) is 11.8 Å². The number of hydrogen-bond acceptors (Lipinski definition) is 2. The maximum atomic E-state index is 14.0. The fraction of sp³-hybridized carbons (Fsp3) is 0.103. The summed E-state index contributed by atoms with van der Waals surface area (Å²) in [5.74, 6) is -0.536. The first kappa shape index (κ1) is 20.7. The van der Waals surface area contributed by atoms with Crippen molar-refractivity contribution < 1.29 is 9.59 Å². The Morgan fingerprint density at radius 3 is 1.39 bits per heavy atom. The van der Waals surface area contributed by atoms with E-state index in [-0.39, 0.29) is 24.7 Å². The molecule has 0 saturated carbocycles. The van der Waals surface area contributed by atoms with Crippen LogP contribution in [-0.4, -0.2) is 11.8 Å². The molecule has 1 heterocycles. The molecule has 0 aromatic heterocycles. The number of allylic oxidation sites excluding steroid dienone is 2. The third kappa shape index (κ3) is 3.23. The molecule has 162 valence electrons. The Morgan fingerprint density at radius 1 is 0.606 bits per heavy atom. The molecule has 1 aliphatic rings. The molecule has 0 unspecified atom stereocenters. The second-order valence-electron chi connectivity index (χ2n) is 8.36. The van der Waals surface area contributed by atoms with Crippen LogP contribution in [0.4, 0.5) is 11.4 Å². The molecule has 0 bridgehead atoms. The molecule has 4 nitrogen and oxygen atoms in total. The molecule has 1 saturated heterocycles. The molecule has 1 aliphatic heterocycles. The van der Waals surface area contributed by atoms with Gasteiger partial charge in [0.1, 0.15) is 5.41 Å². The lowest BCUT2D eigenvalue weighted by molar-refractivity contribution is -0.134. The lowest BCUT2D eigenvalue weighted by Gasteiger charge is -2.28. The zero-order valence-electron chi connectivity index (χ0n) is 18.3. The highest BCUT2D eigenvalue weighted by Crippen LogP contribution is 2.44. The summed E-state index contributed by atoms with van der Waals surface area (Å²) in [6.45, 7) is 7.64. The number of anilines is 2. The van der Waals surface area contributed by atoms with Gasteiger partial charge in [-0.05, 0) is 58.7 Å². The van der Waals surface area contributed by atoms with E-state index in [4.69, 9.17) is 0 Å². The minimum atomic E-state index is -1.26. The number of carbonyl (C=O) groups is 2. The van der Waals surface area contributed by atoms with E-state index in [0.717, 1.165) is 21.5 Å². The maximum absolute atomic E-state index is 14.0. The summed E-state index contributed by atoms with van der Waals surface area (Å²) < 4.78 is 0. The van der Waals surface area contributed by atoms with Crippen LogP contribution < -0.4 is 10.0 Å². The third-order valence-corrected chi connectivity index (χ3v) is 6.34. The zero-order chi connectivity index (χ0) is 23.0. The summed E-state index contributed by atoms with van der Waals surface area (Å²) in [4.78, 5) is 27.9. The van der Waals surface area contributed by atoms with E-state index in [1.165, 1.54) is 10.0 Å². The number of fused-ring (bicyclic) bond motifs is 2. The highest BCUT2D eigenvalue weighted by Gasteiger charge is 2.58. The number of nitrogens with zero attached hydrogens (tertiary/aromatic N) is 2. The number of carbonyl (C=O) groups excluding carboxylic acids is 2. The van der Waals surface area contributed by atoms with E-state index in [1.54, 1.807) is 12.2 Å². The quantitative estimate of drug-likeness (QED) is 0.260. The van der Waals surface area contributed by atoms with Gasteiger partial charge in [-0.3, -0.25) is 9.59 Å². The first-order valence-corrected chi connectivity index (χ1v) is 11.0. The van der Waals surface area contributed by atoms with Crippen molar-refractivity contribution in [1.82, 2.24) is 0 Å². The van der Waals surface area contributed by atoms with Gasteiger partial charge < -0.3 is 0 Å². The van der Waals surface area contributed by atoms with Gasteiger partial charge in [0.15, 0.2) is 0 Å². The van der Waals surface area contributed by atoms with Crippen molar-refractivity contribution >= 4 is 44.7 Å². The number of hydrazine groups is 1. The number of rotatable bonds is 6. The standard InChI is InChI=1S/C29H24N2O2/c1-3-17-29(18-4-2)27(32)30(25-15-13-21-9-5-7-11-23(21)19-25)31(28(29)33)26-16-14-22-10-6-8-12-24(22)20-26/h3-16,19-20H,1-2,17-18H2. The molecule has 2 amide bonds. The molecule has 4 aromatic carbocycles. The van der Waals surface area contributed by atoms with E-state index in [9.17, 15) is 9.59 Å². The van der Waals surface area contributed by atoms with Gasteiger partial charge in [-0.2, -0.15) is 0 Å². The average molecular weight is 433 g/mol. The monoisotopic (exact) mass is 432 g/mol. The van der Waals surface area contributed by atoms with Crippen LogP contribution in [0.3, 0.4) is 0 Å². The van der Waals surface area contributed by atoms with Gasteiger partial charge in [-0.25, -0.2) is 10.0 Å². The van der Waals surface area contributed by atoms with Crippen molar-refractivity contribution in [2.75, 3.05) is 10.0 Å². The highest BCUT2D eigenvalue weighted by molar-refractivity contribution is 6.26. The van der Waals surface area contributed by atoms with Crippen LogP contribution >= 0.6 is 0 Å². The molecule has 0 aliphatic carbocycles. The van der Waals surface area contributed by atoms with Crippen molar-refractivity contribution in [3.8, 4) is 0 Å². The van der Waals surface area contributed by atoms with E-state index in [1.807, 2.05) is 84.9 Å². The van der Waals surface area contributed by atoms with Crippen LogP contribution in [0.2, 0.25) is 0 Å². The van der Waals surface area contributed by atoms with Gasteiger partial charge in [-0.15, -0.1) is 13.2 Å². The van der Waals surface area contributed by atoms with E-state index in [2.05, 4.69) is 13.2 Å². The first-order chi connectivity index (χ1) is 16.1. The molecule has 0 spiro atoms. The van der Waals surface area contributed by atoms with E-state index in [0.29, 0.717) is 11.4 Å². The number of amides is 2.